The molecule has 0 radical (unpaired) electrons. The molecular formula is C10H15BrN2OS. The van der Waals surface area contributed by atoms with Crippen molar-refractivity contribution in [1.29, 1.82) is 0 Å². The highest BCUT2D eigenvalue weighted by molar-refractivity contribution is 9.09. The molecule has 0 bridgehead atoms. The molecule has 0 N–H and O–H groups in total. The lowest BCUT2D eigenvalue weighted by Crippen LogP contribution is -2.29. The zero-order chi connectivity index (χ0) is 11.4. The standard InChI is InChI=1S/C10H15BrN2OS/c1-7(11)4-5-13(3)10(14)9-6-15-8(2)12-9/h6-7H,4-5H2,1-3H3. The molecule has 15 heavy (non-hydrogen) atoms. The number of amides is 1. The van der Waals surface area contributed by atoms with Gasteiger partial charge < -0.3 is 4.90 Å². The third-order valence-corrected chi connectivity index (χ3v) is 3.28. The van der Waals surface area contributed by atoms with Gasteiger partial charge in [0.2, 0.25) is 0 Å². The van der Waals surface area contributed by atoms with E-state index in [9.17, 15) is 4.79 Å². The van der Waals surface area contributed by atoms with Crippen LogP contribution in [0.25, 0.3) is 0 Å². The second-order valence-electron chi connectivity index (χ2n) is 3.55. The highest BCUT2D eigenvalue weighted by atomic mass is 79.9. The lowest BCUT2D eigenvalue weighted by atomic mass is 10.3. The molecule has 1 unspecified atom stereocenters. The maximum Gasteiger partial charge on any atom is 0.273 e. The van der Waals surface area contributed by atoms with Gasteiger partial charge in [-0.3, -0.25) is 4.79 Å². The Morgan fingerprint density at radius 2 is 2.40 bits per heavy atom. The summed E-state index contributed by atoms with van der Waals surface area (Å²) in [4.78, 5) is 18.1. The van der Waals surface area contributed by atoms with Gasteiger partial charge in [0.05, 0.1) is 5.01 Å². The van der Waals surface area contributed by atoms with Crippen molar-refractivity contribution >= 4 is 33.2 Å². The number of aryl methyl sites for hydroxylation is 1. The maximum atomic E-state index is 11.8. The summed E-state index contributed by atoms with van der Waals surface area (Å²) in [5.41, 5.74) is 0.558. The summed E-state index contributed by atoms with van der Waals surface area (Å²) in [5.74, 6) is 0.00694. The molecule has 0 aromatic carbocycles. The van der Waals surface area contributed by atoms with Crippen molar-refractivity contribution in [3.63, 3.8) is 0 Å². The average Bonchev–Trinajstić information content (AvgIpc) is 2.60. The number of halogens is 1. The van der Waals surface area contributed by atoms with Crippen LogP contribution in [0.4, 0.5) is 0 Å². The first-order valence-corrected chi connectivity index (χ1v) is 6.62. The van der Waals surface area contributed by atoms with Crippen LogP contribution >= 0.6 is 27.3 Å². The van der Waals surface area contributed by atoms with Crippen molar-refractivity contribution in [2.45, 2.75) is 25.1 Å². The summed E-state index contributed by atoms with van der Waals surface area (Å²) in [6, 6.07) is 0. The molecule has 5 heteroatoms. The van der Waals surface area contributed by atoms with E-state index in [0.717, 1.165) is 18.0 Å². The number of carbonyl (C=O) groups is 1. The number of thiazole rings is 1. The van der Waals surface area contributed by atoms with Crippen LogP contribution in [0.15, 0.2) is 5.38 Å². The Morgan fingerprint density at radius 3 is 2.87 bits per heavy atom. The Bertz CT molecular complexity index is 338. The molecule has 84 valence electrons. The van der Waals surface area contributed by atoms with E-state index in [2.05, 4.69) is 27.8 Å². The first kappa shape index (κ1) is 12.6. The minimum absolute atomic E-state index is 0.00694. The molecule has 3 nitrogen and oxygen atoms in total. The number of nitrogens with zero attached hydrogens (tertiary/aromatic N) is 2. The van der Waals surface area contributed by atoms with Crippen LogP contribution in [0.5, 0.6) is 0 Å². The van der Waals surface area contributed by atoms with E-state index in [-0.39, 0.29) is 5.91 Å². The van der Waals surface area contributed by atoms with Crippen LogP contribution in [0.1, 0.15) is 28.8 Å². The number of rotatable bonds is 4. The quantitative estimate of drug-likeness (QED) is 0.799. The van der Waals surface area contributed by atoms with E-state index in [4.69, 9.17) is 0 Å². The van der Waals surface area contributed by atoms with E-state index in [0.29, 0.717) is 10.5 Å². The van der Waals surface area contributed by atoms with E-state index < -0.39 is 0 Å². The molecule has 1 aromatic rings. The van der Waals surface area contributed by atoms with Gasteiger partial charge in [0, 0.05) is 23.8 Å². The Balaban J connectivity index is 2.53. The second-order valence-corrected chi connectivity index (χ2v) is 6.17. The van der Waals surface area contributed by atoms with Gasteiger partial charge in [-0.15, -0.1) is 11.3 Å². The lowest BCUT2D eigenvalue weighted by Gasteiger charge is -2.16. The van der Waals surface area contributed by atoms with Crippen LogP contribution < -0.4 is 0 Å². The number of alkyl halides is 1. The predicted octanol–water partition coefficient (Wildman–Crippen LogP) is 2.70. The van der Waals surface area contributed by atoms with Crippen molar-refractivity contribution < 1.29 is 4.79 Å². The molecule has 0 aliphatic rings. The first-order chi connectivity index (χ1) is 7.00. The van der Waals surface area contributed by atoms with Crippen LogP contribution in [0.2, 0.25) is 0 Å². The van der Waals surface area contributed by atoms with Crippen LogP contribution in [0, 0.1) is 6.92 Å². The topological polar surface area (TPSA) is 33.2 Å². The average molecular weight is 291 g/mol. The minimum Gasteiger partial charge on any atom is -0.340 e. The molecule has 1 amide bonds. The minimum atomic E-state index is 0.00694. The molecule has 0 aliphatic carbocycles. The fraction of sp³-hybridized carbons (Fsp3) is 0.600. The number of hydrogen-bond acceptors (Lipinski definition) is 3. The van der Waals surface area contributed by atoms with Crippen molar-refractivity contribution in [3.05, 3.63) is 16.1 Å². The smallest absolute Gasteiger partial charge is 0.273 e. The number of aromatic nitrogens is 1. The number of carbonyl (C=O) groups excluding carboxylic acids is 1. The van der Waals surface area contributed by atoms with Crippen molar-refractivity contribution in [2.24, 2.45) is 0 Å². The van der Waals surface area contributed by atoms with E-state index in [1.54, 1.807) is 4.90 Å². The van der Waals surface area contributed by atoms with Crippen molar-refractivity contribution in [3.8, 4) is 0 Å². The number of hydrogen-bond donors (Lipinski definition) is 0. The third kappa shape index (κ3) is 3.91. The van der Waals surface area contributed by atoms with Gasteiger partial charge in [0.15, 0.2) is 0 Å². The van der Waals surface area contributed by atoms with Crippen molar-refractivity contribution in [2.75, 3.05) is 13.6 Å². The van der Waals surface area contributed by atoms with E-state index >= 15 is 0 Å². The molecule has 0 saturated heterocycles. The normalized spacial score (nSPS) is 12.5. The molecule has 1 rings (SSSR count). The molecular weight excluding hydrogens is 276 g/mol. The van der Waals surface area contributed by atoms with Gasteiger partial charge in [0.1, 0.15) is 5.69 Å². The van der Waals surface area contributed by atoms with Gasteiger partial charge in [0.25, 0.3) is 5.91 Å². The molecule has 1 atom stereocenters. The summed E-state index contributed by atoms with van der Waals surface area (Å²) in [6.07, 6.45) is 0.950. The summed E-state index contributed by atoms with van der Waals surface area (Å²) in [7, 11) is 1.81. The van der Waals surface area contributed by atoms with Crippen molar-refractivity contribution in [1.82, 2.24) is 9.88 Å². The molecule has 1 heterocycles. The van der Waals surface area contributed by atoms with E-state index in [1.165, 1.54) is 11.3 Å². The summed E-state index contributed by atoms with van der Waals surface area (Å²) < 4.78 is 0. The van der Waals surface area contributed by atoms with Gasteiger partial charge in [-0.05, 0) is 13.3 Å². The van der Waals surface area contributed by atoms with Gasteiger partial charge in [-0.25, -0.2) is 4.98 Å². The lowest BCUT2D eigenvalue weighted by molar-refractivity contribution is 0.0789. The highest BCUT2D eigenvalue weighted by Gasteiger charge is 2.14. The Morgan fingerprint density at radius 1 is 1.73 bits per heavy atom. The predicted molar refractivity (Wildman–Crippen MR) is 66.8 cm³/mol. The Hall–Kier alpha value is -0.420. The monoisotopic (exact) mass is 290 g/mol. The molecule has 0 spiro atoms. The highest BCUT2D eigenvalue weighted by Crippen LogP contribution is 2.11. The van der Waals surface area contributed by atoms with E-state index in [1.807, 2.05) is 19.4 Å². The van der Waals surface area contributed by atoms with Crippen LogP contribution in [-0.4, -0.2) is 34.2 Å². The molecule has 1 aromatic heterocycles. The Labute approximate surface area is 103 Å². The SMILES string of the molecule is Cc1nc(C(=O)N(C)CCC(C)Br)cs1. The zero-order valence-electron chi connectivity index (χ0n) is 9.16. The molecule has 0 aliphatic heterocycles. The molecule has 0 saturated carbocycles. The maximum absolute atomic E-state index is 11.8. The summed E-state index contributed by atoms with van der Waals surface area (Å²) >= 11 is 4.97. The van der Waals surface area contributed by atoms with Crippen LogP contribution in [-0.2, 0) is 0 Å². The largest absolute Gasteiger partial charge is 0.340 e. The fourth-order valence-corrected chi connectivity index (χ4v) is 1.92. The first-order valence-electron chi connectivity index (χ1n) is 4.82. The third-order valence-electron chi connectivity index (χ3n) is 2.05. The van der Waals surface area contributed by atoms with Gasteiger partial charge >= 0.3 is 0 Å². The van der Waals surface area contributed by atoms with Gasteiger partial charge in [-0.2, -0.15) is 0 Å². The van der Waals surface area contributed by atoms with Gasteiger partial charge in [-0.1, -0.05) is 22.9 Å². The fourth-order valence-electron chi connectivity index (χ4n) is 1.13. The summed E-state index contributed by atoms with van der Waals surface area (Å²) in [6.45, 7) is 4.73. The summed E-state index contributed by atoms with van der Waals surface area (Å²) in [5, 5.41) is 2.74. The Kier molecular flexibility index (Phi) is 4.73. The molecule has 0 fully saturated rings. The zero-order valence-corrected chi connectivity index (χ0v) is 11.6. The van der Waals surface area contributed by atoms with Crippen LogP contribution in [0.3, 0.4) is 0 Å². The second kappa shape index (κ2) is 5.61.